The maximum absolute atomic E-state index is 11.6. The Morgan fingerprint density at radius 2 is 2.36 bits per heavy atom. The second-order valence-corrected chi connectivity index (χ2v) is 5.79. The summed E-state index contributed by atoms with van der Waals surface area (Å²) in [6.45, 7) is 2.20. The standard InChI is InChI=1S/C18H20N6O/c19-13-14(15-5-1-2-8-20-15)16-7-10-22-18(23-16)21-9-4-12-24-11-3-6-17(24)25/h1-2,5,7-8,10H,3-4,6,9,11-12H2,(H2,21,22,23)/b16-14+. The quantitative estimate of drug-likeness (QED) is 0.626. The molecule has 7 heteroatoms. The van der Waals surface area contributed by atoms with Crippen LogP contribution in [0.3, 0.4) is 0 Å². The van der Waals surface area contributed by atoms with Gasteiger partial charge in [-0.1, -0.05) is 6.07 Å². The van der Waals surface area contributed by atoms with Crippen LogP contribution in [0, 0.1) is 11.3 Å². The van der Waals surface area contributed by atoms with Gasteiger partial charge in [0.15, 0.2) is 5.96 Å². The van der Waals surface area contributed by atoms with Gasteiger partial charge >= 0.3 is 0 Å². The topological polar surface area (TPSA) is 93.4 Å². The molecule has 3 rings (SSSR count). The number of hydrogen-bond acceptors (Lipinski definition) is 4. The number of guanidine groups is 1. The first kappa shape index (κ1) is 16.7. The van der Waals surface area contributed by atoms with Gasteiger partial charge < -0.3 is 15.5 Å². The van der Waals surface area contributed by atoms with Gasteiger partial charge in [-0.25, -0.2) is 0 Å². The molecule has 1 aromatic heterocycles. The Balaban J connectivity index is 1.61. The van der Waals surface area contributed by atoms with Crippen LogP contribution >= 0.6 is 0 Å². The molecule has 7 nitrogen and oxygen atoms in total. The van der Waals surface area contributed by atoms with E-state index in [-0.39, 0.29) is 5.91 Å². The summed E-state index contributed by atoms with van der Waals surface area (Å²) in [5, 5.41) is 15.6. The maximum atomic E-state index is 11.6. The number of amides is 1. The van der Waals surface area contributed by atoms with Crippen LogP contribution in [0.4, 0.5) is 0 Å². The summed E-state index contributed by atoms with van der Waals surface area (Å²) >= 11 is 0. The van der Waals surface area contributed by atoms with Crippen molar-refractivity contribution in [2.24, 2.45) is 4.99 Å². The van der Waals surface area contributed by atoms with Crippen LogP contribution in [0.25, 0.3) is 5.57 Å². The van der Waals surface area contributed by atoms with Crippen molar-refractivity contribution in [3.63, 3.8) is 0 Å². The van der Waals surface area contributed by atoms with E-state index in [0.717, 1.165) is 25.9 Å². The normalized spacial score (nSPS) is 20.2. The van der Waals surface area contributed by atoms with Crippen molar-refractivity contribution >= 4 is 17.4 Å². The Kier molecular flexibility index (Phi) is 5.42. The maximum Gasteiger partial charge on any atom is 0.222 e. The summed E-state index contributed by atoms with van der Waals surface area (Å²) in [5.74, 6) is 0.831. The molecular formula is C18H20N6O. The lowest BCUT2D eigenvalue weighted by Gasteiger charge is -2.17. The molecule has 1 fully saturated rings. The Morgan fingerprint density at radius 3 is 3.08 bits per heavy atom. The zero-order valence-electron chi connectivity index (χ0n) is 13.9. The fourth-order valence-corrected chi connectivity index (χ4v) is 2.80. The van der Waals surface area contributed by atoms with Crippen LogP contribution < -0.4 is 10.6 Å². The third-order valence-corrected chi connectivity index (χ3v) is 4.05. The third kappa shape index (κ3) is 4.23. The van der Waals surface area contributed by atoms with Gasteiger partial charge in [-0.05, 0) is 31.1 Å². The molecule has 0 aliphatic carbocycles. The van der Waals surface area contributed by atoms with Crippen LogP contribution in [0.15, 0.2) is 47.4 Å². The van der Waals surface area contributed by atoms with Gasteiger partial charge in [0.2, 0.25) is 5.91 Å². The molecule has 2 N–H and O–H groups in total. The zero-order valence-corrected chi connectivity index (χ0v) is 13.9. The lowest BCUT2D eigenvalue weighted by atomic mass is 10.1. The zero-order chi connectivity index (χ0) is 17.5. The molecule has 0 atom stereocenters. The molecule has 2 aliphatic heterocycles. The number of carbonyl (C=O) groups is 1. The number of rotatable bonds is 5. The molecule has 0 saturated carbocycles. The molecular weight excluding hydrogens is 316 g/mol. The summed E-state index contributed by atoms with van der Waals surface area (Å²) in [6.07, 6.45) is 7.63. The predicted molar refractivity (Wildman–Crippen MR) is 94.9 cm³/mol. The van der Waals surface area contributed by atoms with Crippen molar-refractivity contribution < 1.29 is 4.79 Å². The molecule has 0 aromatic carbocycles. The van der Waals surface area contributed by atoms with Crippen molar-refractivity contribution in [3.8, 4) is 6.07 Å². The van der Waals surface area contributed by atoms with Crippen molar-refractivity contribution in [2.45, 2.75) is 19.3 Å². The molecule has 1 aromatic rings. The summed E-state index contributed by atoms with van der Waals surface area (Å²) in [6, 6.07) is 7.65. The predicted octanol–water partition coefficient (Wildman–Crippen LogP) is 1.39. The Hall–Kier alpha value is -3.14. The summed E-state index contributed by atoms with van der Waals surface area (Å²) < 4.78 is 0. The highest BCUT2D eigenvalue weighted by Crippen LogP contribution is 2.16. The molecule has 2 aliphatic rings. The number of nitrogens with one attached hydrogen (secondary N) is 2. The summed E-state index contributed by atoms with van der Waals surface area (Å²) in [5.41, 5.74) is 1.74. The van der Waals surface area contributed by atoms with Crippen molar-refractivity contribution in [1.29, 1.82) is 5.26 Å². The molecule has 0 spiro atoms. The lowest BCUT2D eigenvalue weighted by molar-refractivity contribution is -0.127. The van der Waals surface area contributed by atoms with E-state index in [1.807, 2.05) is 17.0 Å². The first-order chi connectivity index (χ1) is 12.3. The second-order valence-electron chi connectivity index (χ2n) is 5.79. The number of nitriles is 1. The number of aromatic nitrogens is 1. The van der Waals surface area contributed by atoms with E-state index < -0.39 is 0 Å². The Bertz CT molecular complexity index is 760. The number of allylic oxidation sites excluding steroid dienone is 2. The van der Waals surface area contributed by atoms with Gasteiger partial charge in [0.1, 0.15) is 11.6 Å². The highest BCUT2D eigenvalue weighted by molar-refractivity contribution is 5.89. The molecule has 0 radical (unpaired) electrons. The van der Waals surface area contributed by atoms with Crippen LogP contribution in [-0.2, 0) is 4.79 Å². The number of pyridine rings is 1. The first-order valence-electron chi connectivity index (χ1n) is 8.36. The van der Waals surface area contributed by atoms with E-state index in [0.29, 0.717) is 35.9 Å². The number of aliphatic imine (C=N–C) groups is 1. The van der Waals surface area contributed by atoms with E-state index >= 15 is 0 Å². The summed E-state index contributed by atoms with van der Waals surface area (Å²) in [4.78, 5) is 22.2. The smallest absolute Gasteiger partial charge is 0.222 e. The molecule has 3 heterocycles. The SMILES string of the molecule is N#C/C(=C1/C=CNC(=NCCCN2CCCC2=O)N1)c1ccccn1. The Labute approximate surface area is 146 Å². The first-order valence-corrected chi connectivity index (χ1v) is 8.36. The number of carbonyl (C=O) groups excluding carboxylic acids is 1. The average Bonchev–Trinajstić information content (AvgIpc) is 3.06. The minimum Gasteiger partial charge on any atom is -0.343 e. The van der Waals surface area contributed by atoms with Gasteiger partial charge in [0.25, 0.3) is 0 Å². The van der Waals surface area contributed by atoms with Crippen LogP contribution in [0.1, 0.15) is 25.0 Å². The molecule has 0 unspecified atom stereocenters. The fraction of sp³-hybridized carbons (Fsp3) is 0.333. The molecule has 0 bridgehead atoms. The van der Waals surface area contributed by atoms with E-state index in [9.17, 15) is 10.1 Å². The minimum atomic E-state index is 0.240. The Morgan fingerprint density at radius 1 is 1.44 bits per heavy atom. The van der Waals surface area contributed by atoms with Crippen LogP contribution in [0.5, 0.6) is 0 Å². The minimum absolute atomic E-state index is 0.240. The van der Waals surface area contributed by atoms with Gasteiger partial charge in [-0.3, -0.25) is 14.8 Å². The van der Waals surface area contributed by atoms with E-state index in [4.69, 9.17) is 0 Å². The van der Waals surface area contributed by atoms with E-state index in [1.54, 1.807) is 24.5 Å². The van der Waals surface area contributed by atoms with E-state index in [1.165, 1.54) is 0 Å². The summed E-state index contributed by atoms with van der Waals surface area (Å²) in [7, 11) is 0. The van der Waals surface area contributed by atoms with Gasteiger partial charge in [-0.2, -0.15) is 5.26 Å². The molecule has 1 amide bonds. The van der Waals surface area contributed by atoms with Gasteiger partial charge in [-0.15, -0.1) is 0 Å². The van der Waals surface area contributed by atoms with Crippen molar-refractivity contribution in [3.05, 3.63) is 48.1 Å². The third-order valence-electron chi connectivity index (χ3n) is 4.05. The average molecular weight is 336 g/mol. The number of hydrogen-bond donors (Lipinski definition) is 2. The monoisotopic (exact) mass is 336 g/mol. The van der Waals surface area contributed by atoms with Crippen molar-refractivity contribution in [1.82, 2.24) is 20.5 Å². The molecule has 1 saturated heterocycles. The van der Waals surface area contributed by atoms with Crippen molar-refractivity contribution in [2.75, 3.05) is 19.6 Å². The molecule has 128 valence electrons. The van der Waals surface area contributed by atoms with Gasteiger partial charge in [0.05, 0.1) is 11.4 Å². The molecule has 25 heavy (non-hydrogen) atoms. The number of likely N-dealkylation sites (tertiary alicyclic amines) is 1. The van der Waals surface area contributed by atoms with E-state index in [2.05, 4.69) is 26.7 Å². The fourth-order valence-electron chi connectivity index (χ4n) is 2.80. The second kappa shape index (κ2) is 8.11. The largest absolute Gasteiger partial charge is 0.343 e. The highest BCUT2D eigenvalue weighted by Gasteiger charge is 2.19. The highest BCUT2D eigenvalue weighted by atomic mass is 16.2. The number of nitrogens with zero attached hydrogens (tertiary/aromatic N) is 4. The van der Waals surface area contributed by atoms with Gasteiger partial charge in [0, 0.05) is 38.5 Å². The van der Waals surface area contributed by atoms with Crippen LogP contribution in [0.2, 0.25) is 0 Å². The lowest BCUT2D eigenvalue weighted by Crippen LogP contribution is -2.37. The van der Waals surface area contributed by atoms with Crippen LogP contribution in [-0.4, -0.2) is 41.4 Å².